The zero-order valence-electron chi connectivity index (χ0n) is 19.9. The number of nitrogens with zero attached hydrogens (tertiary/aromatic N) is 3. The molecule has 0 amide bonds. The summed E-state index contributed by atoms with van der Waals surface area (Å²) < 4.78 is 10.7. The maximum atomic E-state index is 12.9. The number of hydrogen-bond acceptors (Lipinski definition) is 9. The summed E-state index contributed by atoms with van der Waals surface area (Å²) in [5.41, 5.74) is 8.74. The fourth-order valence-electron chi connectivity index (χ4n) is 4.75. The molecule has 0 saturated carbocycles. The van der Waals surface area contributed by atoms with E-state index in [1.807, 2.05) is 12.1 Å². The molecular formula is C26H31N5O3S. The van der Waals surface area contributed by atoms with Gasteiger partial charge in [-0.3, -0.25) is 9.69 Å². The molecule has 2 saturated heterocycles. The number of methoxy groups -OCH3 is 1. The quantitative estimate of drug-likeness (QED) is 0.477. The van der Waals surface area contributed by atoms with Crippen LogP contribution in [0.5, 0.6) is 5.75 Å². The third-order valence-electron chi connectivity index (χ3n) is 6.70. The van der Waals surface area contributed by atoms with Gasteiger partial charge in [0.1, 0.15) is 16.4 Å². The van der Waals surface area contributed by atoms with Crippen molar-refractivity contribution in [1.82, 2.24) is 9.88 Å². The van der Waals surface area contributed by atoms with Crippen LogP contribution in [-0.4, -0.2) is 68.2 Å². The molecule has 184 valence electrons. The lowest BCUT2D eigenvalue weighted by atomic mass is 10.0. The molecule has 9 heteroatoms. The van der Waals surface area contributed by atoms with E-state index in [9.17, 15) is 4.79 Å². The number of nitrogens with two attached hydrogens (primary N) is 1. The minimum Gasteiger partial charge on any atom is -0.497 e. The second-order valence-corrected chi connectivity index (χ2v) is 9.83. The Kier molecular flexibility index (Phi) is 7.17. The summed E-state index contributed by atoms with van der Waals surface area (Å²) in [6, 6.07) is 16.1. The van der Waals surface area contributed by atoms with Gasteiger partial charge in [0.2, 0.25) is 5.78 Å². The molecule has 8 nitrogen and oxygen atoms in total. The lowest BCUT2D eigenvalue weighted by Crippen LogP contribution is -2.49. The number of aromatic nitrogens is 1. The molecule has 2 aliphatic heterocycles. The molecule has 0 spiro atoms. The highest BCUT2D eigenvalue weighted by atomic mass is 32.1. The number of benzene rings is 2. The number of carbonyl (C=O) groups is 1. The summed E-state index contributed by atoms with van der Waals surface area (Å²) in [7, 11) is 1.57. The van der Waals surface area contributed by atoms with E-state index in [0.29, 0.717) is 27.4 Å². The van der Waals surface area contributed by atoms with Gasteiger partial charge in [-0.1, -0.05) is 23.5 Å². The van der Waals surface area contributed by atoms with Crippen LogP contribution >= 0.6 is 11.3 Å². The van der Waals surface area contributed by atoms with Gasteiger partial charge < -0.3 is 25.4 Å². The van der Waals surface area contributed by atoms with Crippen LogP contribution in [0, 0.1) is 0 Å². The SMILES string of the molecule is COc1cccc(C(=O)c2sc(Nc3ccc(N4CCC(N5CCOCC5)CC4)cc3)nc2N)c1. The van der Waals surface area contributed by atoms with Gasteiger partial charge in [0.25, 0.3) is 0 Å². The van der Waals surface area contributed by atoms with Crippen molar-refractivity contribution in [2.45, 2.75) is 18.9 Å². The van der Waals surface area contributed by atoms with E-state index in [2.05, 4.69) is 32.2 Å². The molecule has 2 fully saturated rings. The maximum Gasteiger partial charge on any atom is 0.206 e. The second-order valence-electron chi connectivity index (χ2n) is 8.83. The third-order valence-corrected chi connectivity index (χ3v) is 7.69. The number of nitrogens with one attached hydrogen (secondary N) is 1. The molecule has 0 bridgehead atoms. The van der Waals surface area contributed by atoms with Gasteiger partial charge >= 0.3 is 0 Å². The highest BCUT2D eigenvalue weighted by molar-refractivity contribution is 7.18. The van der Waals surface area contributed by atoms with Crippen molar-refractivity contribution in [1.29, 1.82) is 0 Å². The van der Waals surface area contributed by atoms with Crippen LogP contribution in [0.1, 0.15) is 28.1 Å². The lowest BCUT2D eigenvalue weighted by Gasteiger charge is -2.40. The highest BCUT2D eigenvalue weighted by Gasteiger charge is 2.26. The number of thiazole rings is 1. The molecule has 2 aliphatic rings. The predicted octanol–water partition coefficient (Wildman–Crippen LogP) is 4.01. The van der Waals surface area contributed by atoms with Crippen LogP contribution in [0.2, 0.25) is 0 Å². The van der Waals surface area contributed by atoms with Crippen molar-refractivity contribution >= 4 is 39.4 Å². The number of ketones is 1. The smallest absolute Gasteiger partial charge is 0.206 e. The van der Waals surface area contributed by atoms with E-state index in [4.69, 9.17) is 15.2 Å². The minimum atomic E-state index is -0.164. The number of anilines is 4. The van der Waals surface area contributed by atoms with E-state index in [1.165, 1.54) is 29.9 Å². The maximum absolute atomic E-state index is 12.9. The summed E-state index contributed by atoms with van der Waals surface area (Å²) in [5.74, 6) is 0.690. The molecule has 1 aromatic heterocycles. The fourth-order valence-corrected chi connectivity index (χ4v) is 5.62. The topological polar surface area (TPSA) is 93.0 Å². The number of hydrogen-bond donors (Lipinski definition) is 2. The van der Waals surface area contributed by atoms with Crippen LogP contribution in [0.4, 0.5) is 22.3 Å². The number of rotatable bonds is 7. The Labute approximate surface area is 209 Å². The predicted molar refractivity (Wildman–Crippen MR) is 140 cm³/mol. The molecular weight excluding hydrogens is 462 g/mol. The van der Waals surface area contributed by atoms with E-state index < -0.39 is 0 Å². The number of carbonyl (C=O) groups excluding carboxylic acids is 1. The number of nitrogen functional groups attached to an aromatic ring is 1. The van der Waals surface area contributed by atoms with E-state index >= 15 is 0 Å². The van der Waals surface area contributed by atoms with Crippen molar-refractivity contribution in [2.24, 2.45) is 0 Å². The Balaban J connectivity index is 1.20. The molecule has 3 aromatic rings. The van der Waals surface area contributed by atoms with Crippen molar-refractivity contribution in [3.05, 3.63) is 59.0 Å². The largest absolute Gasteiger partial charge is 0.497 e. The second kappa shape index (κ2) is 10.6. The summed E-state index contributed by atoms with van der Waals surface area (Å²) in [5, 5.41) is 3.88. The summed E-state index contributed by atoms with van der Waals surface area (Å²) in [4.78, 5) is 22.8. The standard InChI is InChI=1S/C26H31N5O3S/c1-33-22-4-2-3-18(17-22)23(32)24-25(27)29-26(35-24)28-19-5-7-20(8-6-19)30-11-9-21(10-12-30)31-13-15-34-16-14-31/h2-8,17,21H,9-16,27H2,1H3,(H,28,29). The first kappa shape index (κ1) is 23.6. The number of piperidine rings is 1. The Bertz CT molecular complexity index is 1150. The number of ether oxygens (including phenoxy) is 2. The van der Waals surface area contributed by atoms with Crippen molar-refractivity contribution < 1.29 is 14.3 Å². The molecule has 3 heterocycles. The molecule has 0 unspecified atom stereocenters. The van der Waals surface area contributed by atoms with Crippen molar-refractivity contribution in [2.75, 3.05) is 62.5 Å². The van der Waals surface area contributed by atoms with E-state index in [1.54, 1.807) is 31.4 Å². The summed E-state index contributed by atoms with van der Waals surface area (Å²) in [6.07, 6.45) is 2.37. The van der Waals surface area contributed by atoms with E-state index in [0.717, 1.165) is 45.1 Å². The Morgan fingerprint density at radius 1 is 1.11 bits per heavy atom. The summed E-state index contributed by atoms with van der Waals surface area (Å²) in [6.45, 7) is 5.95. The molecule has 35 heavy (non-hydrogen) atoms. The molecule has 0 atom stereocenters. The third kappa shape index (κ3) is 5.42. The van der Waals surface area contributed by atoms with Gasteiger partial charge in [-0.2, -0.15) is 0 Å². The average molecular weight is 494 g/mol. The van der Waals surface area contributed by atoms with Crippen LogP contribution in [0.15, 0.2) is 48.5 Å². The van der Waals surface area contributed by atoms with Gasteiger partial charge in [-0.15, -0.1) is 0 Å². The zero-order chi connectivity index (χ0) is 24.2. The molecule has 3 N–H and O–H groups in total. The first-order valence-electron chi connectivity index (χ1n) is 12.0. The minimum absolute atomic E-state index is 0.164. The molecule has 5 rings (SSSR count). The molecule has 0 radical (unpaired) electrons. The highest BCUT2D eigenvalue weighted by Crippen LogP contribution is 2.31. The van der Waals surface area contributed by atoms with Gasteiger partial charge in [0.05, 0.1) is 20.3 Å². The van der Waals surface area contributed by atoms with Crippen LogP contribution in [0.25, 0.3) is 0 Å². The molecule has 2 aromatic carbocycles. The van der Waals surface area contributed by atoms with Gasteiger partial charge in [0, 0.05) is 49.2 Å². The zero-order valence-corrected chi connectivity index (χ0v) is 20.7. The molecule has 0 aliphatic carbocycles. The Morgan fingerprint density at radius 3 is 2.57 bits per heavy atom. The van der Waals surface area contributed by atoms with Crippen LogP contribution < -0.4 is 20.7 Å². The number of morpholine rings is 1. The van der Waals surface area contributed by atoms with Gasteiger partial charge in [-0.05, 0) is 49.2 Å². The Morgan fingerprint density at radius 2 is 1.86 bits per heavy atom. The average Bonchev–Trinajstić information content (AvgIpc) is 3.29. The summed E-state index contributed by atoms with van der Waals surface area (Å²) >= 11 is 1.26. The van der Waals surface area contributed by atoms with E-state index in [-0.39, 0.29) is 11.6 Å². The fraction of sp³-hybridized carbons (Fsp3) is 0.385. The normalized spacial score (nSPS) is 17.3. The van der Waals surface area contributed by atoms with Crippen LogP contribution in [0.3, 0.4) is 0 Å². The first-order valence-corrected chi connectivity index (χ1v) is 12.8. The lowest BCUT2D eigenvalue weighted by molar-refractivity contribution is 0.0115. The van der Waals surface area contributed by atoms with Crippen molar-refractivity contribution in [3.8, 4) is 5.75 Å². The first-order chi connectivity index (χ1) is 17.1. The monoisotopic (exact) mass is 493 g/mol. The van der Waals surface area contributed by atoms with Gasteiger partial charge in [-0.25, -0.2) is 4.98 Å². The van der Waals surface area contributed by atoms with Crippen LogP contribution in [-0.2, 0) is 4.74 Å². The van der Waals surface area contributed by atoms with Gasteiger partial charge in [0.15, 0.2) is 5.13 Å². The Hall–Kier alpha value is -3.14. The van der Waals surface area contributed by atoms with Crippen molar-refractivity contribution in [3.63, 3.8) is 0 Å².